The minimum atomic E-state index is -1.91. The average molecular weight is 1100 g/mol. The Morgan fingerprint density at radius 2 is 1.22 bits per heavy atom. The van der Waals surface area contributed by atoms with Crippen LogP contribution in [0.2, 0.25) is 0 Å². The third-order valence-electron chi connectivity index (χ3n) is 11.7. The number of ether oxygens (including phenoxy) is 4. The third-order valence-corrected chi connectivity index (χ3v) is 11.7. The molecule has 2 aliphatic rings. The number of carboxylic acid groups (broad SMARTS) is 2. The topological polar surface area (TPSA) is 535 Å². The number of aliphatic hydroxyl groups is 6. The van der Waals surface area contributed by atoms with Crippen LogP contribution in [0.3, 0.4) is 0 Å². The quantitative estimate of drug-likeness (QED) is 0.0287. The van der Waals surface area contributed by atoms with Gasteiger partial charge in [-0.25, -0.2) is 0 Å². The van der Waals surface area contributed by atoms with Gasteiger partial charge in [-0.1, -0.05) is 0 Å². The molecule has 2 rings (SSSR count). The molecule has 20 N–H and O–H groups in total. The summed E-state index contributed by atoms with van der Waals surface area (Å²) in [6.07, 6.45) is -16.7. The van der Waals surface area contributed by atoms with Crippen LogP contribution in [0.15, 0.2) is 0 Å². The summed E-state index contributed by atoms with van der Waals surface area (Å²) in [4.78, 5) is 137. The zero-order valence-electron chi connectivity index (χ0n) is 42.2. The number of nitrogens with one attached hydrogen (secondary N) is 8. The van der Waals surface area contributed by atoms with Gasteiger partial charge in [0.15, 0.2) is 12.6 Å². The van der Waals surface area contributed by atoms with Crippen molar-refractivity contribution in [1.82, 2.24) is 42.5 Å². The predicted octanol–water partition coefficient (Wildman–Crippen LogP) is -9.80. The van der Waals surface area contributed by atoms with Crippen molar-refractivity contribution in [3.63, 3.8) is 0 Å². The fourth-order valence-corrected chi connectivity index (χ4v) is 7.55. The molecule has 9 amide bonds. The molecule has 2 saturated heterocycles. The number of hydrogen-bond donors (Lipinski definition) is 18. The Labute approximate surface area is 434 Å². The molecule has 432 valence electrons. The second kappa shape index (κ2) is 31.7. The molecule has 2 aliphatic heterocycles. The highest BCUT2D eigenvalue weighted by atomic mass is 16.7. The Balaban J connectivity index is 2.15. The Bertz CT molecular complexity index is 2040. The minimum Gasteiger partial charge on any atom is -0.481 e. The number of aliphatic carboxylic acids is 2. The lowest BCUT2D eigenvalue weighted by molar-refractivity contribution is -0.333. The largest absolute Gasteiger partial charge is 0.481 e. The molecule has 0 bridgehead atoms. The van der Waals surface area contributed by atoms with Crippen molar-refractivity contribution in [3.05, 3.63) is 0 Å². The molecular weight excluding hydrogens is 1020 g/mol. The lowest BCUT2D eigenvalue weighted by atomic mass is 9.94. The van der Waals surface area contributed by atoms with E-state index >= 15 is 0 Å². The first-order chi connectivity index (χ1) is 35.6. The van der Waals surface area contributed by atoms with E-state index in [1.165, 1.54) is 13.8 Å². The number of rotatable bonds is 31. The van der Waals surface area contributed by atoms with E-state index in [0.717, 1.165) is 20.8 Å². The van der Waals surface area contributed by atoms with Crippen LogP contribution in [0, 0.1) is 0 Å². The summed E-state index contributed by atoms with van der Waals surface area (Å²) in [6.45, 7) is 2.97. The summed E-state index contributed by atoms with van der Waals surface area (Å²) in [6, 6.07) is -11.9. The van der Waals surface area contributed by atoms with Gasteiger partial charge in [0.1, 0.15) is 85.0 Å². The standard InChI is InChI=1S/C43H72N10O23/c1-16(47-37(66)18(3)73-34-30(50-20(5)58)42(72)74-26(15-56)33(34)76-43-29(49-19(4)57)32(63)31(62)25(14-55)75-43)36(65)52-22(35(45)64)9-10-27(59)51-23(40(69)48-17(2)41(70)71)8-6-7-11-46-39(68)24(13-54)53-38(67)21(44)12-28(60)61/h16-18,21-26,29-34,42-43,54-56,62-63,72H,6-15,44H2,1-5H3,(H2,45,64)(H,46,68)(H,47,66)(H,48,69)(H,49,57)(H,50,58)(H,51,59)(H,52,65)(H,53,67)(H,60,61)(H,70,71). The van der Waals surface area contributed by atoms with Crippen molar-refractivity contribution in [2.75, 3.05) is 26.4 Å². The number of carboxylic acids is 2. The maximum Gasteiger partial charge on any atom is 0.325 e. The second-order valence-electron chi connectivity index (χ2n) is 17.9. The van der Waals surface area contributed by atoms with Gasteiger partial charge in [-0.3, -0.25) is 52.7 Å². The third kappa shape index (κ3) is 20.7. The lowest BCUT2D eigenvalue weighted by Crippen LogP contribution is -2.70. The van der Waals surface area contributed by atoms with Gasteiger partial charge in [0.25, 0.3) is 0 Å². The molecule has 33 nitrogen and oxygen atoms in total. The number of nitrogens with two attached hydrogens (primary N) is 2. The SMILES string of the molecule is CC(=O)NC1C(OC2C(CO)OC(O)C(NC(C)=O)C2OC(C)C(=O)NC(C)C(=O)NC(CCC(=O)NC(CCCCNC(=O)C(CO)NC(=O)C(N)CC(=O)O)C(=O)NC(C)C(=O)O)C(N)=O)OC(CO)C(O)C1O. The highest BCUT2D eigenvalue weighted by Crippen LogP contribution is 2.31. The predicted molar refractivity (Wildman–Crippen MR) is 251 cm³/mol. The summed E-state index contributed by atoms with van der Waals surface area (Å²) in [7, 11) is 0. The Hall–Kier alpha value is -6.27. The molecule has 0 aliphatic carbocycles. The van der Waals surface area contributed by atoms with E-state index in [1.54, 1.807) is 0 Å². The number of amides is 9. The summed E-state index contributed by atoms with van der Waals surface area (Å²) in [5.41, 5.74) is 11.0. The van der Waals surface area contributed by atoms with Gasteiger partial charge in [-0.2, -0.15) is 0 Å². The summed E-state index contributed by atoms with van der Waals surface area (Å²) >= 11 is 0. The van der Waals surface area contributed by atoms with E-state index in [0.29, 0.717) is 0 Å². The summed E-state index contributed by atoms with van der Waals surface area (Å²) < 4.78 is 23.2. The summed E-state index contributed by atoms with van der Waals surface area (Å²) in [5.74, 6) is -11.0. The van der Waals surface area contributed by atoms with Crippen LogP contribution in [0.5, 0.6) is 0 Å². The maximum atomic E-state index is 13.6. The van der Waals surface area contributed by atoms with E-state index in [9.17, 15) is 88.5 Å². The number of carbonyl (C=O) groups excluding carboxylic acids is 9. The van der Waals surface area contributed by atoms with E-state index in [4.69, 9.17) is 35.5 Å². The second-order valence-corrected chi connectivity index (χ2v) is 17.9. The van der Waals surface area contributed by atoms with Crippen LogP contribution in [0.25, 0.3) is 0 Å². The minimum absolute atomic E-state index is 0.0875. The van der Waals surface area contributed by atoms with Crippen LogP contribution < -0.4 is 54.0 Å². The van der Waals surface area contributed by atoms with Crippen molar-refractivity contribution in [2.24, 2.45) is 11.5 Å². The van der Waals surface area contributed by atoms with E-state index in [-0.39, 0.29) is 25.8 Å². The first-order valence-electron chi connectivity index (χ1n) is 23.9. The van der Waals surface area contributed by atoms with Gasteiger partial charge in [0.05, 0.1) is 32.3 Å². The zero-order valence-corrected chi connectivity index (χ0v) is 42.2. The number of unbranched alkanes of at least 4 members (excludes halogenated alkanes) is 1. The Morgan fingerprint density at radius 1 is 0.632 bits per heavy atom. The van der Waals surface area contributed by atoms with Crippen molar-refractivity contribution < 1.29 is 113 Å². The van der Waals surface area contributed by atoms with Crippen LogP contribution >= 0.6 is 0 Å². The zero-order chi connectivity index (χ0) is 57.7. The molecule has 17 unspecified atom stereocenters. The van der Waals surface area contributed by atoms with Crippen LogP contribution in [-0.2, 0) is 71.7 Å². The Kier molecular flexibility index (Phi) is 27.5. The molecule has 0 radical (unpaired) electrons. The smallest absolute Gasteiger partial charge is 0.325 e. The van der Waals surface area contributed by atoms with E-state index < -0.39 is 208 Å². The fraction of sp³-hybridized carbons (Fsp3) is 0.744. The molecule has 2 heterocycles. The molecule has 0 spiro atoms. The fourth-order valence-electron chi connectivity index (χ4n) is 7.55. The normalized spacial score (nSPS) is 26.0. The molecule has 0 aromatic carbocycles. The molecule has 76 heavy (non-hydrogen) atoms. The van der Waals surface area contributed by atoms with Crippen molar-refractivity contribution in [1.29, 1.82) is 0 Å². The van der Waals surface area contributed by atoms with Gasteiger partial charge in [-0.05, 0) is 46.5 Å². The lowest BCUT2D eigenvalue weighted by Gasteiger charge is -2.48. The molecule has 2 fully saturated rings. The van der Waals surface area contributed by atoms with Gasteiger partial charge in [0.2, 0.25) is 53.2 Å². The van der Waals surface area contributed by atoms with E-state index in [2.05, 4.69) is 42.5 Å². The molecule has 17 atom stereocenters. The number of carbonyl (C=O) groups is 11. The van der Waals surface area contributed by atoms with Gasteiger partial charge in [-0.15, -0.1) is 0 Å². The average Bonchev–Trinajstić information content (AvgIpc) is 3.34. The first kappa shape index (κ1) is 65.8. The Morgan fingerprint density at radius 3 is 1.78 bits per heavy atom. The van der Waals surface area contributed by atoms with Crippen LogP contribution in [0.1, 0.15) is 73.1 Å². The van der Waals surface area contributed by atoms with Gasteiger partial charge >= 0.3 is 11.9 Å². The molecular formula is C43H72N10O23. The molecule has 33 heteroatoms. The first-order valence-corrected chi connectivity index (χ1v) is 23.9. The van der Waals surface area contributed by atoms with Crippen molar-refractivity contribution >= 4 is 65.1 Å². The van der Waals surface area contributed by atoms with Crippen LogP contribution in [0.4, 0.5) is 0 Å². The number of aliphatic hydroxyl groups excluding tert-OH is 6. The van der Waals surface area contributed by atoms with Gasteiger partial charge < -0.3 is 114 Å². The number of primary amides is 1. The molecule has 0 aromatic heterocycles. The molecule has 0 saturated carbocycles. The van der Waals surface area contributed by atoms with Gasteiger partial charge in [0, 0.05) is 26.8 Å². The monoisotopic (exact) mass is 1100 g/mol. The maximum absolute atomic E-state index is 13.6. The highest BCUT2D eigenvalue weighted by Gasteiger charge is 2.53. The highest BCUT2D eigenvalue weighted by molar-refractivity contribution is 5.94. The van der Waals surface area contributed by atoms with Crippen molar-refractivity contribution in [3.8, 4) is 0 Å². The molecule has 0 aromatic rings. The summed E-state index contributed by atoms with van der Waals surface area (Å²) in [5, 5.41) is 98.6. The van der Waals surface area contributed by atoms with Crippen LogP contribution in [-0.4, -0.2) is 236 Å². The van der Waals surface area contributed by atoms with E-state index in [1.807, 2.05) is 0 Å². The number of hydrogen-bond acceptors (Lipinski definition) is 22. The van der Waals surface area contributed by atoms with Crippen molar-refractivity contribution in [2.45, 2.75) is 177 Å².